The first-order chi connectivity index (χ1) is 14.7. The number of esters is 2. The minimum atomic E-state index is -0.911. The summed E-state index contributed by atoms with van der Waals surface area (Å²) in [5.41, 5.74) is 5.32. The van der Waals surface area contributed by atoms with Crippen LogP contribution in [0.5, 0.6) is 0 Å². The zero-order valence-electron chi connectivity index (χ0n) is 17.6. The molecular formula is C19H26N4O7S. The van der Waals surface area contributed by atoms with Gasteiger partial charge in [0.05, 0.1) is 5.03 Å². The predicted octanol–water partition coefficient (Wildman–Crippen LogP) is 1.14. The van der Waals surface area contributed by atoms with Crippen molar-refractivity contribution < 1.29 is 28.5 Å². The second-order valence-electron chi connectivity index (χ2n) is 7.10. The number of hydrogen-bond acceptors (Lipinski definition) is 11. The number of rotatable bonds is 8. The highest BCUT2D eigenvalue weighted by Gasteiger charge is 2.53. The second kappa shape index (κ2) is 9.71. The first-order valence-electron chi connectivity index (χ1n) is 9.86. The highest BCUT2D eigenvalue weighted by Crippen LogP contribution is 2.46. The second-order valence-corrected chi connectivity index (χ2v) is 8.18. The largest absolute Gasteiger partial charge is 0.463 e. The zero-order valence-corrected chi connectivity index (χ0v) is 18.4. The molecule has 4 atom stereocenters. The molecule has 170 valence electrons. The van der Waals surface area contributed by atoms with E-state index in [1.807, 2.05) is 6.92 Å². The number of hydrogen-bond donors (Lipinski definition) is 2. The van der Waals surface area contributed by atoms with E-state index in [9.17, 15) is 14.4 Å². The van der Waals surface area contributed by atoms with Gasteiger partial charge in [-0.15, -0.1) is 0 Å². The van der Waals surface area contributed by atoms with E-state index in [4.69, 9.17) is 24.7 Å². The molecule has 0 unspecified atom stereocenters. The molecule has 0 radical (unpaired) electrons. The van der Waals surface area contributed by atoms with E-state index in [2.05, 4.69) is 16.5 Å². The van der Waals surface area contributed by atoms with E-state index in [1.54, 1.807) is 4.90 Å². The summed E-state index contributed by atoms with van der Waals surface area (Å²) in [4.78, 5) is 44.1. The molecule has 1 aromatic heterocycles. The summed E-state index contributed by atoms with van der Waals surface area (Å²) >= 11 is 1.11. The number of thioether (sulfide) groups is 1. The van der Waals surface area contributed by atoms with E-state index < -0.39 is 42.0 Å². The molecule has 1 saturated heterocycles. The number of aromatic nitrogens is 2. The van der Waals surface area contributed by atoms with Crippen LogP contribution in [-0.2, 0) is 28.5 Å². The molecule has 31 heavy (non-hydrogen) atoms. The third-order valence-electron chi connectivity index (χ3n) is 4.70. The highest BCUT2D eigenvalue weighted by atomic mass is 32.2. The molecule has 0 spiro atoms. The number of nitrogen functional groups attached to an aromatic ring is 1. The van der Waals surface area contributed by atoms with E-state index in [0.29, 0.717) is 16.5 Å². The summed E-state index contributed by atoms with van der Waals surface area (Å²) < 4.78 is 22.8. The molecule has 1 aromatic rings. The quantitative estimate of drug-likeness (QED) is 0.430. The van der Waals surface area contributed by atoms with Gasteiger partial charge in [0.1, 0.15) is 23.7 Å². The topological polar surface area (TPSA) is 146 Å². The van der Waals surface area contributed by atoms with Crippen LogP contribution in [0.15, 0.2) is 21.3 Å². The van der Waals surface area contributed by atoms with Crippen molar-refractivity contribution in [3.05, 3.63) is 22.0 Å². The number of H-pyrrole nitrogens is 1. The van der Waals surface area contributed by atoms with Crippen LogP contribution in [0.2, 0.25) is 0 Å². The van der Waals surface area contributed by atoms with Crippen LogP contribution >= 0.6 is 11.8 Å². The first kappa shape index (κ1) is 23.1. The van der Waals surface area contributed by atoms with Crippen molar-refractivity contribution in [2.75, 3.05) is 23.8 Å². The van der Waals surface area contributed by atoms with E-state index >= 15 is 0 Å². The normalized spacial score (nSPS) is 24.9. The Morgan fingerprint density at radius 3 is 2.71 bits per heavy atom. The van der Waals surface area contributed by atoms with Crippen molar-refractivity contribution in [3.63, 3.8) is 0 Å². The van der Waals surface area contributed by atoms with Crippen molar-refractivity contribution in [2.24, 2.45) is 0 Å². The number of nitrogens with zero attached hydrogens (tertiary/aromatic N) is 2. The molecule has 0 bridgehead atoms. The molecule has 3 rings (SSSR count). The lowest BCUT2D eigenvalue weighted by molar-refractivity contribution is -0.155. The van der Waals surface area contributed by atoms with Crippen molar-refractivity contribution in [1.82, 2.24) is 9.97 Å². The number of ether oxygens (including phenoxy) is 4. The van der Waals surface area contributed by atoms with E-state index in [-0.39, 0.29) is 18.4 Å². The number of carbonyl (C=O) groups is 2. The minimum Gasteiger partial charge on any atom is -0.463 e. The summed E-state index contributed by atoms with van der Waals surface area (Å²) in [6.07, 6.45) is -1.52. The molecule has 1 fully saturated rings. The fourth-order valence-corrected chi connectivity index (χ4v) is 4.31. The Labute approximate surface area is 183 Å². The van der Waals surface area contributed by atoms with Gasteiger partial charge in [0.2, 0.25) is 5.95 Å². The Bertz CT molecular complexity index is 921. The number of unbranched alkanes of at least 4 members (excludes halogenated alkanes) is 1. The Balaban J connectivity index is 1.97. The zero-order chi connectivity index (χ0) is 22.7. The monoisotopic (exact) mass is 454 g/mol. The molecule has 11 nitrogen and oxygen atoms in total. The van der Waals surface area contributed by atoms with Crippen LogP contribution in [0, 0.1) is 0 Å². The number of aromatic amines is 1. The van der Waals surface area contributed by atoms with Gasteiger partial charge in [-0.2, -0.15) is 4.98 Å². The van der Waals surface area contributed by atoms with Crippen LogP contribution < -0.4 is 16.2 Å². The van der Waals surface area contributed by atoms with Crippen molar-refractivity contribution in [3.8, 4) is 0 Å². The van der Waals surface area contributed by atoms with Gasteiger partial charge < -0.3 is 24.7 Å². The van der Waals surface area contributed by atoms with Crippen LogP contribution in [0.3, 0.4) is 0 Å². The van der Waals surface area contributed by atoms with Gasteiger partial charge in [-0.3, -0.25) is 24.3 Å². The maximum atomic E-state index is 12.3. The predicted molar refractivity (Wildman–Crippen MR) is 112 cm³/mol. The van der Waals surface area contributed by atoms with Gasteiger partial charge >= 0.3 is 11.9 Å². The number of carbonyl (C=O) groups excluding carboxylic acids is 2. The molecule has 3 heterocycles. The van der Waals surface area contributed by atoms with Crippen LogP contribution in [-0.4, -0.2) is 59.7 Å². The number of nitrogens with two attached hydrogens (primary N) is 1. The highest BCUT2D eigenvalue weighted by molar-refractivity contribution is 8.03. The molecule has 3 N–H and O–H groups in total. The van der Waals surface area contributed by atoms with Crippen molar-refractivity contribution in [2.45, 2.75) is 63.0 Å². The summed E-state index contributed by atoms with van der Waals surface area (Å²) in [6, 6.07) is 0. The number of nitrogens with one attached hydrogen (secondary N) is 1. The smallest absolute Gasteiger partial charge is 0.303 e. The lowest BCUT2D eigenvalue weighted by Crippen LogP contribution is -2.46. The lowest BCUT2D eigenvalue weighted by Gasteiger charge is -2.30. The SMILES string of the molecule is C=C1Sc2c(nc(N)[nH]c2=O)N1[C@H]1O[C@H](COC(C)=O)[C@H](OCCCC)[C@H]1OC(C)=O. The fraction of sp³-hybridized carbons (Fsp3) is 0.579. The molecule has 12 heteroatoms. The lowest BCUT2D eigenvalue weighted by atomic mass is 10.1. The Kier molecular flexibility index (Phi) is 7.23. The summed E-state index contributed by atoms with van der Waals surface area (Å²) in [6.45, 7) is 8.89. The Hall–Kier alpha value is -2.57. The molecular weight excluding hydrogens is 428 g/mol. The standard InChI is InChI=1S/C19H26N4O7S/c1-5-6-7-27-13-12(8-28-10(3)24)30-18(14(13)29-11(4)25)23-9(2)31-15-16(23)21-19(20)22-17(15)26/h12-14,18H,2,5-8H2,1,3-4H3,(H3,20,21,22,26)/t12-,13+,14-,18+/m1/s1. The fourth-order valence-electron chi connectivity index (χ4n) is 3.40. The van der Waals surface area contributed by atoms with Crippen molar-refractivity contribution in [1.29, 1.82) is 0 Å². The van der Waals surface area contributed by atoms with Gasteiger partial charge in [0.25, 0.3) is 5.56 Å². The van der Waals surface area contributed by atoms with Gasteiger partial charge in [-0.25, -0.2) is 0 Å². The third kappa shape index (κ3) is 5.02. The maximum absolute atomic E-state index is 12.3. The van der Waals surface area contributed by atoms with Crippen LogP contribution in [0.25, 0.3) is 0 Å². The number of fused-ring (bicyclic) bond motifs is 1. The minimum absolute atomic E-state index is 0.0710. The maximum Gasteiger partial charge on any atom is 0.303 e. The Morgan fingerprint density at radius 2 is 2.06 bits per heavy atom. The van der Waals surface area contributed by atoms with Crippen LogP contribution in [0.4, 0.5) is 11.8 Å². The first-order valence-corrected chi connectivity index (χ1v) is 10.7. The third-order valence-corrected chi connectivity index (χ3v) is 5.70. The van der Waals surface area contributed by atoms with Crippen LogP contribution in [0.1, 0.15) is 33.6 Å². The molecule has 2 aliphatic heterocycles. The molecule has 0 saturated carbocycles. The summed E-state index contributed by atoms with van der Waals surface area (Å²) in [7, 11) is 0. The molecule has 0 aliphatic carbocycles. The van der Waals surface area contributed by atoms with E-state index in [0.717, 1.165) is 24.6 Å². The number of anilines is 2. The molecule has 0 amide bonds. The molecule has 0 aromatic carbocycles. The summed E-state index contributed by atoms with van der Waals surface area (Å²) in [5.74, 6) is -0.833. The van der Waals surface area contributed by atoms with Gasteiger partial charge in [0.15, 0.2) is 18.1 Å². The molecule has 2 aliphatic rings. The van der Waals surface area contributed by atoms with E-state index in [1.165, 1.54) is 13.8 Å². The summed E-state index contributed by atoms with van der Waals surface area (Å²) in [5, 5.41) is 0.446. The van der Waals surface area contributed by atoms with Crippen molar-refractivity contribution >= 4 is 35.5 Å². The van der Waals surface area contributed by atoms with Gasteiger partial charge in [0, 0.05) is 20.5 Å². The van der Waals surface area contributed by atoms with Gasteiger partial charge in [-0.1, -0.05) is 31.7 Å². The average Bonchev–Trinajstić information content (AvgIpc) is 3.17. The Morgan fingerprint density at radius 1 is 1.32 bits per heavy atom. The average molecular weight is 455 g/mol. The van der Waals surface area contributed by atoms with Gasteiger partial charge in [-0.05, 0) is 6.42 Å².